The van der Waals surface area contributed by atoms with E-state index in [1.165, 1.54) is 148 Å². The van der Waals surface area contributed by atoms with E-state index in [0.29, 0.717) is 19.4 Å². The lowest BCUT2D eigenvalue weighted by Gasteiger charge is -2.18. The van der Waals surface area contributed by atoms with Gasteiger partial charge in [0.25, 0.3) is 0 Å². The van der Waals surface area contributed by atoms with Crippen molar-refractivity contribution in [3.8, 4) is 0 Å². The van der Waals surface area contributed by atoms with Gasteiger partial charge in [0, 0.05) is 19.4 Å². The van der Waals surface area contributed by atoms with E-state index in [1.54, 1.807) is 0 Å². The van der Waals surface area contributed by atoms with Crippen LogP contribution in [-0.2, 0) is 23.8 Å². The summed E-state index contributed by atoms with van der Waals surface area (Å²) in [5.41, 5.74) is 0. The van der Waals surface area contributed by atoms with Crippen molar-refractivity contribution in [2.24, 2.45) is 0 Å². The van der Waals surface area contributed by atoms with Gasteiger partial charge in [-0.1, -0.05) is 234 Å². The first kappa shape index (κ1) is 64.8. The normalized spacial score (nSPS) is 12.9. The van der Waals surface area contributed by atoms with Crippen LogP contribution < -0.4 is 0 Å². The Morgan fingerprint density at radius 1 is 0.338 bits per heavy atom. The molecule has 0 heterocycles. The van der Waals surface area contributed by atoms with E-state index >= 15 is 0 Å². The Bertz CT molecular complexity index is 1300. The van der Waals surface area contributed by atoms with Crippen LogP contribution >= 0.6 is 0 Å². The number of carbonyl (C=O) groups excluding carboxylic acids is 2. The number of hydrogen-bond acceptors (Lipinski definition) is 5. The SMILES string of the molecule is CC/C=C\C/C=C\C/C=C\C/C=C\C/C=C\CCCC(=O)OCC(COCCCCCCCCCC/C=C\C/C=C\CCCCC)OC(=O)CCCCCCCCC/C=C\CCCCCCCC. The summed E-state index contributed by atoms with van der Waals surface area (Å²) in [7, 11) is 0. The average molecular weight is 946 g/mol. The van der Waals surface area contributed by atoms with E-state index in [1.807, 2.05) is 0 Å². The summed E-state index contributed by atoms with van der Waals surface area (Å²) in [5.74, 6) is -0.470. The van der Waals surface area contributed by atoms with E-state index in [0.717, 1.165) is 83.5 Å². The lowest BCUT2D eigenvalue weighted by molar-refractivity contribution is -0.163. The summed E-state index contributed by atoms with van der Waals surface area (Å²) >= 11 is 0. The number of allylic oxidation sites excluding steroid dienone is 16. The smallest absolute Gasteiger partial charge is 0.306 e. The van der Waals surface area contributed by atoms with E-state index in [-0.39, 0.29) is 25.2 Å². The van der Waals surface area contributed by atoms with Crippen molar-refractivity contribution < 1.29 is 23.8 Å². The summed E-state index contributed by atoms with van der Waals surface area (Å²) in [6.45, 7) is 7.62. The van der Waals surface area contributed by atoms with Crippen LogP contribution in [0.15, 0.2) is 97.2 Å². The molecule has 0 spiro atoms. The molecule has 68 heavy (non-hydrogen) atoms. The maximum Gasteiger partial charge on any atom is 0.306 e. The molecule has 0 saturated heterocycles. The molecule has 5 nitrogen and oxygen atoms in total. The van der Waals surface area contributed by atoms with E-state index < -0.39 is 6.10 Å². The van der Waals surface area contributed by atoms with Gasteiger partial charge in [-0.15, -0.1) is 0 Å². The average Bonchev–Trinajstić information content (AvgIpc) is 3.34. The second-order valence-electron chi connectivity index (χ2n) is 18.8. The molecule has 0 amide bonds. The van der Waals surface area contributed by atoms with Crippen molar-refractivity contribution in [1.82, 2.24) is 0 Å². The Kier molecular flexibility index (Phi) is 55.4. The van der Waals surface area contributed by atoms with Crippen LogP contribution in [-0.4, -0.2) is 37.9 Å². The molecule has 0 aromatic heterocycles. The largest absolute Gasteiger partial charge is 0.462 e. The second kappa shape index (κ2) is 58.1. The molecular weight excluding hydrogens is 837 g/mol. The van der Waals surface area contributed by atoms with Crippen molar-refractivity contribution in [2.75, 3.05) is 19.8 Å². The molecule has 0 aromatic carbocycles. The Morgan fingerprint density at radius 3 is 1.15 bits per heavy atom. The highest BCUT2D eigenvalue weighted by molar-refractivity contribution is 5.70. The topological polar surface area (TPSA) is 61.8 Å². The van der Waals surface area contributed by atoms with Gasteiger partial charge in [-0.2, -0.15) is 0 Å². The van der Waals surface area contributed by atoms with Crippen molar-refractivity contribution in [2.45, 2.75) is 271 Å². The molecular formula is C63H108O5. The zero-order chi connectivity index (χ0) is 49.2. The molecule has 0 aliphatic rings. The third kappa shape index (κ3) is 55.4. The van der Waals surface area contributed by atoms with E-state index in [9.17, 15) is 9.59 Å². The Balaban J connectivity index is 4.38. The number of ether oxygens (including phenoxy) is 3. The summed E-state index contributed by atoms with van der Waals surface area (Å²) in [4.78, 5) is 25.5. The first-order valence-electron chi connectivity index (χ1n) is 28.8. The molecule has 0 radical (unpaired) electrons. The van der Waals surface area contributed by atoms with Crippen molar-refractivity contribution in [3.05, 3.63) is 97.2 Å². The highest BCUT2D eigenvalue weighted by Crippen LogP contribution is 2.14. The molecule has 0 rings (SSSR count). The molecule has 0 fully saturated rings. The summed E-state index contributed by atoms with van der Waals surface area (Å²) < 4.78 is 17.4. The standard InChI is InChI=1S/C63H108O5/c1-4-7-10-13-16-19-22-25-28-31-34-37-40-43-46-49-52-55-58-66-59-61(68-63(65)57-54-51-48-45-42-39-36-33-30-27-24-21-18-15-12-9-6-3)60-67-62(64)56-53-50-47-44-41-38-35-32-29-26-23-20-17-14-11-8-5-2/h8,11,16-17,19-20,25-30,35,38,44,47,61H,4-7,9-10,12-15,18,21-24,31-34,36-37,39-43,45-46,48-60H2,1-3H3/b11-8-,19-16-,20-17-,28-25-,29-26-,30-27-,38-35-,47-44-. The third-order valence-electron chi connectivity index (χ3n) is 12.1. The molecule has 390 valence electrons. The maximum absolute atomic E-state index is 12.9. The molecule has 1 unspecified atom stereocenters. The van der Waals surface area contributed by atoms with Crippen molar-refractivity contribution in [3.63, 3.8) is 0 Å². The summed E-state index contributed by atoms with van der Waals surface area (Å²) in [6.07, 6.45) is 78.6. The van der Waals surface area contributed by atoms with E-state index in [2.05, 4.69) is 118 Å². The van der Waals surface area contributed by atoms with Gasteiger partial charge in [0.1, 0.15) is 6.61 Å². The molecule has 1 atom stereocenters. The number of hydrogen-bond donors (Lipinski definition) is 0. The predicted octanol–water partition coefficient (Wildman–Crippen LogP) is 19.8. The lowest BCUT2D eigenvalue weighted by atomic mass is 10.1. The first-order chi connectivity index (χ1) is 33.6. The van der Waals surface area contributed by atoms with Gasteiger partial charge >= 0.3 is 11.9 Å². The Labute approximate surface area is 422 Å². The fourth-order valence-electron chi connectivity index (χ4n) is 7.81. The molecule has 0 aliphatic carbocycles. The summed E-state index contributed by atoms with van der Waals surface area (Å²) in [5, 5.41) is 0. The van der Waals surface area contributed by atoms with Gasteiger partial charge in [0.15, 0.2) is 6.10 Å². The predicted molar refractivity (Wildman–Crippen MR) is 297 cm³/mol. The highest BCUT2D eigenvalue weighted by Gasteiger charge is 2.17. The van der Waals surface area contributed by atoms with E-state index in [4.69, 9.17) is 14.2 Å². The minimum atomic E-state index is -0.570. The van der Waals surface area contributed by atoms with Crippen LogP contribution in [0.5, 0.6) is 0 Å². The Hall–Kier alpha value is -3.18. The van der Waals surface area contributed by atoms with Gasteiger partial charge < -0.3 is 14.2 Å². The fraction of sp³-hybridized carbons (Fsp3) is 0.714. The van der Waals surface area contributed by atoms with Crippen LogP contribution in [0.4, 0.5) is 0 Å². The molecule has 0 bridgehead atoms. The van der Waals surface area contributed by atoms with Crippen LogP contribution in [0.1, 0.15) is 265 Å². The van der Waals surface area contributed by atoms with Gasteiger partial charge in [-0.05, 0) is 116 Å². The minimum absolute atomic E-state index is 0.0481. The zero-order valence-corrected chi connectivity index (χ0v) is 44.8. The zero-order valence-electron chi connectivity index (χ0n) is 44.8. The number of unbranched alkanes of at least 4 members (excludes halogenated alkanes) is 25. The van der Waals surface area contributed by atoms with Gasteiger partial charge in [-0.25, -0.2) is 0 Å². The number of esters is 2. The first-order valence-corrected chi connectivity index (χ1v) is 28.8. The third-order valence-corrected chi connectivity index (χ3v) is 12.1. The van der Waals surface area contributed by atoms with Crippen molar-refractivity contribution in [1.29, 1.82) is 0 Å². The molecule has 0 saturated carbocycles. The minimum Gasteiger partial charge on any atom is -0.462 e. The van der Waals surface area contributed by atoms with Gasteiger partial charge in [0.2, 0.25) is 0 Å². The monoisotopic (exact) mass is 945 g/mol. The number of rotatable bonds is 52. The maximum atomic E-state index is 12.9. The van der Waals surface area contributed by atoms with Gasteiger partial charge in [-0.3, -0.25) is 9.59 Å². The van der Waals surface area contributed by atoms with Crippen LogP contribution in [0.2, 0.25) is 0 Å². The highest BCUT2D eigenvalue weighted by atomic mass is 16.6. The molecule has 0 aliphatic heterocycles. The Morgan fingerprint density at radius 2 is 0.676 bits per heavy atom. The number of carbonyl (C=O) groups is 2. The lowest BCUT2D eigenvalue weighted by Crippen LogP contribution is -2.30. The van der Waals surface area contributed by atoms with Crippen LogP contribution in [0.25, 0.3) is 0 Å². The quantitative estimate of drug-likeness (QED) is 0.0345. The van der Waals surface area contributed by atoms with Crippen molar-refractivity contribution >= 4 is 11.9 Å². The van der Waals surface area contributed by atoms with Crippen LogP contribution in [0.3, 0.4) is 0 Å². The molecule has 0 aromatic rings. The molecule has 0 N–H and O–H groups in total. The molecule has 5 heteroatoms. The second-order valence-corrected chi connectivity index (χ2v) is 18.8. The fourth-order valence-corrected chi connectivity index (χ4v) is 7.81. The van der Waals surface area contributed by atoms with Gasteiger partial charge in [0.05, 0.1) is 6.61 Å². The van der Waals surface area contributed by atoms with Crippen LogP contribution in [0, 0.1) is 0 Å². The summed E-state index contributed by atoms with van der Waals surface area (Å²) in [6, 6.07) is 0.